The van der Waals surface area contributed by atoms with Crippen LogP contribution in [0.1, 0.15) is 17.5 Å². The fourth-order valence-corrected chi connectivity index (χ4v) is 3.15. The summed E-state index contributed by atoms with van der Waals surface area (Å²) in [5.41, 5.74) is 4.32. The Hall–Kier alpha value is -1.22. The van der Waals surface area contributed by atoms with Gasteiger partial charge in [0.25, 0.3) is 0 Å². The van der Waals surface area contributed by atoms with E-state index in [0.717, 1.165) is 21.1 Å². The van der Waals surface area contributed by atoms with Crippen LogP contribution in [0.4, 0.5) is 0 Å². The molecule has 104 valence electrons. The Kier molecular flexibility index (Phi) is 3.63. The standard InChI is InChI=1S/C12H11Br2N5O/c1-19-10(12(14)17-18-19)9(16-15)8-5-6-3-2-4-7(13)11(6)20-8/h2-5,9,16H,15H2,1H3. The van der Waals surface area contributed by atoms with E-state index in [9.17, 15) is 0 Å². The van der Waals surface area contributed by atoms with Crippen molar-refractivity contribution in [3.05, 3.63) is 44.8 Å². The van der Waals surface area contributed by atoms with Crippen molar-refractivity contribution in [2.75, 3.05) is 0 Å². The number of halogens is 2. The first-order valence-electron chi connectivity index (χ1n) is 5.81. The highest BCUT2D eigenvalue weighted by Gasteiger charge is 2.24. The minimum atomic E-state index is -0.344. The van der Waals surface area contributed by atoms with Crippen LogP contribution in [0, 0.1) is 0 Å². The number of rotatable bonds is 3. The summed E-state index contributed by atoms with van der Waals surface area (Å²) in [6, 6.07) is 7.48. The average molecular weight is 401 g/mol. The van der Waals surface area contributed by atoms with Crippen LogP contribution < -0.4 is 11.3 Å². The van der Waals surface area contributed by atoms with Gasteiger partial charge in [-0.3, -0.25) is 5.84 Å². The second-order valence-electron chi connectivity index (χ2n) is 4.30. The van der Waals surface area contributed by atoms with Crippen molar-refractivity contribution < 1.29 is 4.42 Å². The summed E-state index contributed by atoms with van der Waals surface area (Å²) in [5.74, 6) is 6.38. The van der Waals surface area contributed by atoms with E-state index in [0.29, 0.717) is 10.4 Å². The van der Waals surface area contributed by atoms with Crippen LogP contribution in [0.3, 0.4) is 0 Å². The zero-order valence-corrected chi connectivity index (χ0v) is 13.6. The molecule has 0 bridgehead atoms. The van der Waals surface area contributed by atoms with Gasteiger partial charge in [0.05, 0.1) is 10.2 Å². The predicted molar refractivity (Wildman–Crippen MR) is 81.8 cm³/mol. The summed E-state index contributed by atoms with van der Waals surface area (Å²) in [6.07, 6.45) is 0. The molecule has 0 aliphatic rings. The van der Waals surface area contributed by atoms with Gasteiger partial charge in [-0.05, 0) is 44.0 Å². The van der Waals surface area contributed by atoms with Crippen molar-refractivity contribution in [2.24, 2.45) is 12.9 Å². The molecule has 8 heteroatoms. The number of nitrogens with one attached hydrogen (secondary N) is 1. The van der Waals surface area contributed by atoms with Crippen molar-refractivity contribution in [3.8, 4) is 0 Å². The van der Waals surface area contributed by atoms with Crippen LogP contribution in [0.2, 0.25) is 0 Å². The van der Waals surface area contributed by atoms with Crippen molar-refractivity contribution in [1.29, 1.82) is 0 Å². The van der Waals surface area contributed by atoms with E-state index < -0.39 is 0 Å². The van der Waals surface area contributed by atoms with Crippen LogP contribution in [0.25, 0.3) is 11.0 Å². The Morgan fingerprint density at radius 2 is 2.20 bits per heavy atom. The lowest BCUT2D eigenvalue weighted by Gasteiger charge is -2.13. The van der Waals surface area contributed by atoms with Crippen molar-refractivity contribution in [3.63, 3.8) is 0 Å². The van der Waals surface area contributed by atoms with Crippen LogP contribution in [0.15, 0.2) is 37.8 Å². The fourth-order valence-electron chi connectivity index (χ4n) is 2.13. The summed E-state index contributed by atoms with van der Waals surface area (Å²) >= 11 is 6.85. The number of fused-ring (bicyclic) bond motifs is 1. The lowest BCUT2D eigenvalue weighted by Crippen LogP contribution is -2.30. The van der Waals surface area contributed by atoms with Crippen LogP contribution in [-0.2, 0) is 7.05 Å². The maximum Gasteiger partial charge on any atom is 0.153 e. The maximum atomic E-state index is 5.91. The summed E-state index contributed by atoms with van der Waals surface area (Å²) in [6.45, 7) is 0. The lowest BCUT2D eigenvalue weighted by molar-refractivity contribution is 0.457. The third kappa shape index (κ3) is 2.18. The Labute approximate surface area is 131 Å². The van der Waals surface area contributed by atoms with Gasteiger partial charge in [-0.2, -0.15) is 0 Å². The molecule has 0 saturated carbocycles. The molecule has 2 heterocycles. The third-order valence-corrected chi connectivity index (χ3v) is 4.26. The van der Waals surface area contributed by atoms with Gasteiger partial charge in [-0.15, -0.1) is 5.10 Å². The first kappa shape index (κ1) is 13.7. The molecule has 20 heavy (non-hydrogen) atoms. The van der Waals surface area contributed by atoms with Gasteiger partial charge < -0.3 is 4.42 Å². The largest absolute Gasteiger partial charge is 0.458 e. The monoisotopic (exact) mass is 399 g/mol. The average Bonchev–Trinajstić information content (AvgIpc) is 2.99. The van der Waals surface area contributed by atoms with Crippen LogP contribution in [-0.4, -0.2) is 15.0 Å². The molecule has 1 aromatic carbocycles. The van der Waals surface area contributed by atoms with E-state index in [1.165, 1.54) is 0 Å². The van der Waals surface area contributed by atoms with Crippen molar-refractivity contribution in [1.82, 2.24) is 20.4 Å². The summed E-state index contributed by atoms with van der Waals surface area (Å²) in [4.78, 5) is 0. The molecule has 0 aliphatic carbocycles. The number of benzene rings is 1. The Balaban J connectivity index is 2.15. The summed E-state index contributed by atoms with van der Waals surface area (Å²) in [7, 11) is 1.80. The lowest BCUT2D eigenvalue weighted by atomic mass is 10.1. The topological polar surface area (TPSA) is 81.9 Å². The third-order valence-electron chi connectivity index (χ3n) is 3.07. The van der Waals surface area contributed by atoms with Gasteiger partial charge in [0, 0.05) is 12.4 Å². The highest BCUT2D eigenvalue weighted by Crippen LogP contribution is 2.33. The van der Waals surface area contributed by atoms with Crippen LogP contribution in [0.5, 0.6) is 0 Å². The zero-order chi connectivity index (χ0) is 14.3. The van der Waals surface area contributed by atoms with Crippen molar-refractivity contribution >= 4 is 42.8 Å². The Morgan fingerprint density at radius 1 is 1.40 bits per heavy atom. The highest BCUT2D eigenvalue weighted by atomic mass is 79.9. The number of para-hydroxylation sites is 1. The van der Waals surface area contributed by atoms with Gasteiger partial charge in [0.2, 0.25) is 0 Å². The van der Waals surface area contributed by atoms with Crippen molar-refractivity contribution in [2.45, 2.75) is 6.04 Å². The minimum absolute atomic E-state index is 0.344. The van der Waals surface area contributed by atoms with Crippen LogP contribution >= 0.6 is 31.9 Å². The molecule has 0 saturated heterocycles. The molecule has 0 spiro atoms. The van der Waals surface area contributed by atoms with E-state index >= 15 is 0 Å². The molecule has 0 aliphatic heterocycles. The second kappa shape index (κ2) is 5.28. The number of hydrogen-bond acceptors (Lipinski definition) is 5. The molecule has 2 aromatic heterocycles. The number of nitrogens with two attached hydrogens (primary N) is 1. The molecule has 3 aromatic rings. The van der Waals surface area contributed by atoms with E-state index in [2.05, 4.69) is 47.6 Å². The first-order chi connectivity index (χ1) is 9.61. The van der Waals surface area contributed by atoms with Gasteiger partial charge in [-0.1, -0.05) is 17.3 Å². The quantitative estimate of drug-likeness (QED) is 0.521. The molecule has 1 atom stereocenters. The summed E-state index contributed by atoms with van der Waals surface area (Å²) < 4.78 is 9.09. The molecule has 3 rings (SSSR count). The first-order valence-corrected chi connectivity index (χ1v) is 7.39. The molecular formula is C12H11Br2N5O. The Bertz CT molecular complexity index is 747. The molecular weight excluding hydrogens is 390 g/mol. The van der Waals surface area contributed by atoms with Gasteiger partial charge in [-0.25, -0.2) is 10.1 Å². The number of aryl methyl sites for hydroxylation is 1. The number of hydrazine groups is 1. The van der Waals surface area contributed by atoms with E-state index in [1.807, 2.05) is 24.3 Å². The molecule has 6 nitrogen and oxygen atoms in total. The van der Waals surface area contributed by atoms with E-state index in [4.69, 9.17) is 10.3 Å². The number of nitrogens with zero attached hydrogens (tertiary/aromatic N) is 3. The predicted octanol–water partition coefficient (Wildman–Crippen LogP) is 2.64. The highest BCUT2D eigenvalue weighted by molar-refractivity contribution is 9.10. The maximum absolute atomic E-state index is 5.91. The fraction of sp³-hybridized carbons (Fsp3) is 0.167. The molecule has 3 N–H and O–H groups in total. The second-order valence-corrected chi connectivity index (χ2v) is 5.90. The smallest absolute Gasteiger partial charge is 0.153 e. The number of aromatic nitrogens is 3. The Morgan fingerprint density at radius 3 is 2.80 bits per heavy atom. The number of furan rings is 1. The normalized spacial score (nSPS) is 13.0. The SMILES string of the molecule is Cn1nnc(Br)c1C(NN)c1cc2cccc(Br)c2o1. The minimum Gasteiger partial charge on any atom is -0.458 e. The zero-order valence-electron chi connectivity index (χ0n) is 10.5. The summed E-state index contributed by atoms with van der Waals surface area (Å²) in [5, 5.41) is 8.92. The van der Waals surface area contributed by atoms with E-state index in [-0.39, 0.29) is 6.04 Å². The molecule has 1 unspecified atom stereocenters. The molecule has 0 fully saturated rings. The van der Waals surface area contributed by atoms with Gasteiger partial charge >= 0.3 is 0 Å². The molecule has 0 amide bonds. The number of hydrogen-bond donors (Lipinski definition) is 2. The van der Waals surface area contributed by atoms with Gasteiger partial charge in [0.15, 0.2) is 4.60 Å². The van der Waals surface area contributed by atoms with E-state index in [1.54, 1.807) is 11.7 Å². The van der Waals surface area contributed by atoms with Gasteiger partial charge in [0.1, 0.15) is 17.4 Å². The molecule has 0 radical (unpaired) electrons.